The van der Waals surface area contributed by atoms with E-state index in [9.17, 15) is 4.79 Å². The van der Waals surface area contributed by atoms with Crippen molar-refractivity contribution in [2.45, 2.75) is 25.9 Å². The van der Waals surface area contributed by atoms with Gasteiger partial charge in [-0.1, -0.05) is 6.07 Å². The Bertz CT molecular complexity index is 574. The molecule has 1 N–H and O–H groups in total. The Balaban J connectivity index is 1.69. The van der Waals surface area contributed by atoms with E-state index in [1.807, 2.05) is 0 Å². The molecule has 100 valence electrons. The predicted octanol–water partition coefficient (Wildman–Crippen LogP) is 3.00. The molecule has 2 aromatic rings. The summed E-state index contributed by atoms with van der Waals surface area (Å²) in [6, 6.07) is 6.34. The van der Waals surface area contributed by atoms with Gasteiger partial charge in [-0.05, 0) is 29.5 Å². The van der Waals surface area contributed by atoms with E-state index in [2.05, 4.69) is 28.5 Å². The third-order valence-electron chi connectivity index (χ3n) is 3.28. The molecule has 3 heterocycles. The fourth-order valence-corrected chi connectivity index (χ4v) is 4.35. The Morgan fingerprint density at radius 1 is 1.42 bits per heavy atom. The molecule has 0 atom stereocenters. The highest BCUT2D eigenvalue weighted by Crippen LogP contribution is 2.29. The fourth-order valence-electron chi connectivity index (χ4n) is 2.45. The average molecular weight is 293 g/mol. The molecule has 5 heteroatoms. The van der Waals surface area contributed by atoms with Gasteiger partial charge in [-0.3, -0.25) is 9.69 Å². The van der Waals surface area contributed by atoms with Crippen LogP contribution in [0.15, 0.2) is 23.6 Å². The molecule has 1 aliphatic rings. The van der Waals surface area contributed by atoms with Crippen molar-refractivity contribution in [3.63, 3.8) is 0 Å². The van der Waals surface area contributed by atoms with Crippen LogP contribution in [0.3, 0.4) is 0 Å². The second-order valence-electron chi connectivity index (χ2n) is 4.77. The number of thiophene rings is 2. The molecular weight excluding hydrogens is 278 g/mol. The lowest BCUT2D eigenvalue weighted by Crippen LogP contribution is -2.28. The largest absolute Gasteiger partial charge is 0.481 e. The van der Waals surface area contributed by atoms with Crippen LogP contribution in [0.2, 0.25) is 0 Å². The maximum Gasteiger partial charge on any atom is 0.308 e. The molecule has 0 aromatic carbocycles. The summed E-state index contributed by atoms with van der Waals surface area (Å²) >= 11 is 3.46. The molecule has 3 nitrogen and oxygen atoms in total. The molecule has 0 saturated heterocycles. The number of hydrogen-bond donors (Lipinski definition) is 1. The smallest absolute Gasteiger partial charge is 0.308 e. The first-order valence-electron chi connectivity index (χ1n) is 6.27. The molecule has 0 bridgehead atoms. The molecule has 0 radical (unpaired) electrons. The lowest BCUT2D eigenvalue weighted by molar-refractivity contribution is -0.136. The molecule has 1 aliphatic heterocycles. The highest BCUT2D eigenvalue weighted by atomic mass is 32.1. The Hall–Kier alpha value is -1.17. The number of carboxylic acids is 1. The number of hydrogen-bond acceptors (Lipinski definition) is 4. The summed E-state index contributed by atoms with van der Waals surface area (Å²) in [5, 5.41) is 11.0. The van der Waals surface area contributed by atoms with Gasteiger partial charge in [0.1, 0.15) is 0 Å². The van der Waals surface area contributed by atoms with Gasteiger partial charge in [0.05, 0.1) is 6.42 Å². The van der Waals surface area contributed by atoms with Gasteiger partial charge in [-0.2, -0.15) is 0 Å². The summed E-state index contributed by atoms with van der Waals surface area (Å²) in [5.74, 6) is -0.742. The summed E-state index contributed by atoms with van der Waals surface area (Å²) in [6.07, 6.45) is 1.20. The van der Waals surface area contributed by atoms with E-state index in [0.717, 1.165) is 30.9 Å². The number of rotatable bonds is 4. The third-order valence-corrected chi connectivity index (χ3v) is 5.38. The molecule has 3 rings (SSSR count). The molecule has 0 fully saturated rings. The first-order chi connectivity index (χ1) is 9.20. The highest BCUT2D eigenvalue weighted by Gasteiger charge is 2.20. The van der Waals surface area contributed by atoms with Crippen LogP contribution < -0.4 is 0 Å². The normalized spacial score (nSPS) is 15.4. The van der Waals surface area contributed by atoms with Crippen molar-refractivity contribution in [1.29, 1.82) is 0 Å². The van der Waals surface area contributed by atoms with E-state index < -0.39 is 5.97 Å². The van der Waals surface area contributed by atoms with Crippen LogP contribution in [0.1, 0.15) is 20.2 Å². The summed E-state index contributed by atoms with van der Waals surface area (Å²) in [6.45, 7) is 3.02. The molecular formula is C14H15NO2S2. The Morgan fingerprint density at radius 3 is 3.05 bits per heavy atom. The quantitative estimate of drug-likeness (QED) is 0.942. The van der Waals surface area contributed by atoms with E-state index in [1.54, 1.807) is 22.7 Å². The van der Waals surface area contributed by atoms with Gasteiger partial charge in [-0.25, -0.2) is 0 Å². The SMILES string of the molecule is O=C(O)Cc1cc2c(s1)CCN(Cc1cccs1)C2. The minimum Gasteiger partial charge on any atom is -0.481 e. The van der Waals surface area contributed by atoms with Gasteiger partial charge < -0.3 is 5.11 Å². The van der Waals surface area contributed by atoms with E-state index in [-0.39, 0.29) is 6.42 Å². The van der Waals surface area contributed by atoms with Crippen LogP contribution in [0.5, 0.6) is 0 Å². The zero-order chi connectivity index (χ0) is 13.2. The minimum absolute atomic E-state index is 0.155. The third kappa shape index (κ3) is 3.05. The second kappa shape index (κ2) is 5.45. The van der Waals surface area contributed by atoms with Crippen molar-refractivity contribution >= 4 is 28.6 Å². The summed E-state index contributed by atoms with van der Waals surface area (Å²) in [4.78, 5) is 16.9. The molecule has 0 saturated carbocycles. The van der Waals surface area contributed by atoms with Gasteiger partial charge >= 0.3 is 5.97 Å². The predicted molar refractivity (Wildman–Crippen MR) is 77.8 cm³/mol. The van der Waals surface area contributed by atoms with Gasteiger partial charge in [0.25, 0.3) is 0 Å². The van der Waals surface area contributed by atoms with E-state index in [0.29, 0.717) is 0 Å². The second-order valence-corrected chi connectivity index (χ2v) is 7.03. The number of nitrogens with zero attached hydrogens (tertiary/aromatic N) is 1. The van der Waals surface area contributed by atoms with Crippen molar-refractivity contribution in [2.24, 2.45) is 0 Å². The van der Waals surface area contributed by atoms with Gasteiger partial charge in [0.2, 0.25) is 0 Å². The van der Waals surface area contributed by atoms with Gasteiger partial charge in [0, 0.05) is 34.3 Å². The van der Waals surface area contributed by atoms with E-state index >= 15 is 0 Å². The fraction of sp³-hybridized carbons (Fsp3) is 0.357. The van der Waals surface area contributed by atoms with Crippen LogP contribution >= 0.6 is 22.7 Å². The zero-order valence-corrected chi connectivity index (χ0v) is 12.1. The topological polar surface area (TPSA) is 40.5 Å². The highest BCUT2D eigenvalue weighted by molar-refractivity contribution is 7.12. The van der Waals surface area contributed by atoms with Crippen LogP contribution in [-0.2, 0) is 30.7 Å². The van der Waals surface area contributed by atoms with E-state index in [4.69, 9.17) is 5.11 Å². The number of fused-ring (bicyclic) bond motifs is 1. The zero-order valence-electron chi connectivity index (χ0n) is 10.5. The maximum atomic E-state index is 10.8. The summed E-state index contributed by atoms with van der Waals surface area (Å²) in [5.41, 5.74) is 1.32. The summed E-state index contributed by atoms with van der Waals surface area (Å²) in [7, 11) is 0. The lowest BCUT2D eigenvalue weighted by Gasteiger charge is -2.26. The molecule has 0 amide bonds. The van der Waals surface area contributed by atoms with Gasteiger partial charge in [0.15, 0.2) is 0 Å². The van der Waals surface area contributed by atoms with Crippen molar-refractivity contribution in [2.75, 3.05) is 6.54 Å². The number of carbonyl (C=O) groups is 1. The number of aliphatic carboxylic acids is 1. The van der Waals surface area contributed by atoms with Gasteiger partial charge in [-0.15, -0.1) is 22.7 Å². The minimum atomic E-state index is -0.742. The lowest BCUT2D eigenvalue weighted by atomic mass is 10.1. The molecule has 0 unspecified atom stereocenters. The Kier molecular flexibility index (Phi) is 3.68. The van der Waals surface area contributed by atoms with Crippen LogP contribution in [-0.4, -0.2) is 22.5 Å². The van der Waals surface area contributed by atoms with Crippen LogP contribution in [0.25, 0.3) is 0 Å². The number of carboxylic acid groups (broad SMARTS) is 1. The summed E-state index contributed by atoms with van der Waals surface area (Å²) < 4.78 is 0. The Labute approximate surface area is 120 Å². The van der Waals surface area contributed by atoms with E-state index in [1.165, 1.54) is 15.3 Å². The first kappa shape index (κ1) is 12.8. The van der Waals surface area contributed by atoms with Crippen LogP contribution in [0.4, 0.5) is 0 Å². The van der Waals surface area contributed by atoms with Crippen molar-refractivity contribution < 1.29 is 9.90 Å². The maximum absolute atomic E-state index is 10.8. The standard InChI is InChI=1S/C14H15NO2S2/c16-14(17)7-12-6-10-8-15(4-3-13(10)19-12)9-11-2-1-5-18-11/h1-2,5-6H,3-4,7-9H2,(H,16,17). The molecule has 19 heavy (non-hydrogen) atoms. The monoisotopic (exact) mass is 293 g/mol. The van der Waals surface area contributed by atoms with Crippen molar-refractivity contribution in [3.05, 3.63) is 43.8 Å². The Morgan fingerprint density at radius 2 is 2.32 bits per heavy atom. The first-order valence-corrected chi connectivity index (χ1v) is 7.97. The van der Waals surface area contributed by atoms with Crippen LogP contribution in [0, 0.1) is 0 Å². The van der Waals surface area contributed by atoms with Crippen molar-refractivity contribution in [3.8, 4) is 0 Å². The molecule has 2 aromatic heterocycles. The molecule has 0 aliphatic carbocycles. The average Bonchev–Trinajstić information content (AvgIpc) is 2.96. The van der Waals surface area contributed by atoms with Crippen molar-refractivity contribution in [1.82, 2.24) is 4.90 Å². The molecule has 0 spiro atoms.